The van der Waals surface area contributed by atoms with E-state index in [-0.39, 0.29) is 17.4 Å². The smallest absolute Gasteiger partial charge is 0.264 e. The highest BCUT2D eigenvalue weighted by molar-refractivity contribution is 7.92. The Morgan fingerprint density at radius 3 is 2.58 bits per heavy atom. The number of rotatable bonds is 3. The van der Waals surface area contributed by atoms with Crippen LogP contribution in [0.5, 0.6) is 5.75 Å². The zero-order valence-electron chi connectivity index (χ0n) is 13.7. The van der Waals surface area contributed by atoms with Crippen LogP contribution in [0.4, 0.5) is 11.4 Å². The van der Waals surface area contributed by atoms with Crippen LogP contribution < -0.4 is 14.4 Å². The third-order valence-electron chi connectivity index (χ3n) is 3.92. The van der Waals surface area contributed by atoms with Crippen LogP contribution in [0, 0.1) is 13.8 Å². The van der Waals surface area contributed by atoms with Crippen LogP contribution in [0.3, 0.4) is 0 Å². The van der Waals surface area contributed by atoms with Gasteiger partial charge in [-0.25, -0.2) is 8.42 Å². The van der Waals surface area contributed by atoms with Crippen molar-refractivity contribution in [3.05, 3.63) is 47.5 Å². The van der Waals surface area contributed by atoms with Gasteiger partial charge in [-0.3, -0.25) is 9.52 Å². The third-order valence-corrected chi connectivity index (χ3v) is 5.46. The van der Waals surface area contributed by atoms with Crippen molar-refractivity contribution in [3.8, 4) is 5.75 Å². The highest BCUT2D eigenvalue weighted by Gasteiger charge is 2.24. The summed E-state index contributed by atoms with van der Waals surface area (Å²) < 4.78 is 33.1. The van der Waals surface area contributed by atoms with Crippen LogP contribution in [0.15, 0.2) is 41.3 Å². The van der Waals surface area contributed by atoms with E-state index in [0.717, 1.165) is 5.56 Å². The molecule has 6 nitrogen and oxygen atoms in total. The number of ether oxygens (including phenoxy) is 1. The molecule has 2 aromatic carbocycles. The number of fused-ring (bicyclic) bond motifs is 1. The van der Waals surface area contributed by atoms with Crippen LogP contribution in [0.1, 0.15) is 11.1 Å². The van der Waals surface area contributed by atoms with E-state index < -0.39 is 10.0 Å². The predicted molar refractivity (Wildman–Crippen MR) is 92.1 cm³/mol. The van der Waals surface area contributed by atoms with Gasteiger partial charge in [-0.05, 0) is 43.7 Å². The van der Waals surface area contributed by atoms with E-state index in [0.29, 0.717) is 22.7 Å². The van der Waals surface area contributed by atoms with Gasteiger partial charge in [0.25, 0.3) is 15.9 Å². The van der Waals surface area contributed by atoms with E-state index in [9.17, 15) is 13.2 Å². The average Bonchev–Trinajstić information content (AvgIpc) is 2.50. The maximum absolute atomic E-state index is 12.6. The van der Waals surface area contributed by atoms with E-state index in [1.165, 1.54) is 4.90 Å². The summed E-state index contributed by atoms with van der Waals surface area (Å²) in [5, 5.41) is 0. The molecule has 0 fully saturated rings. The van der Waals surface area contributed by atoms with Crippen molar-refractivity contribution in [2.45, 2.75) is 18.7 Å². The van der Waals surface area contributed by atoms with Crippen molar-refractivity contribution in [1.82, 2.24) is 0 Å². The second kappa shape index (κ2) is 5.83. The lowest BCUT2D eigenvalue weighted by atomic mass is 10.2. The molecule has 0 unspecified atom stereocenters. The number of sulfonamides is 1. The first kappa shape index (κ1) is 16.3. The lowest BCUT2D eigenvalue weighted by Crippen LogP contribution is -2.35. The molecule has 1 aliphatic heterocycles. The van der Waals surface area contributed by atoms with Crippen LogP contribution in [0.2, 0.25) is 0 Å². The topological polar surface area (TPSA) is 75.7 Å². The number of nitrogens with one attached hydrogen (secondary N) is 1. The number of carbonyl (C=O) groups excluding carboxylic acids is 1. The van der Waals surface area contributed by atoms with Gasteiger partial charge in [0.1, 0.15) is 5.75 Å². The number of nitrogens with zero attached hydrogens (tertiary/aromatic N) is 1. The van der Waals surface area contributed by atoms with Gasteiger partial charge in [-0.2, -0.15) is 0 Å². The zero-order valence-corrected chi connectivity index (χ0v) is 14.5. The van der Waals surface area contributed by atoms with E-state index in [4.69, 9.17) is 4.74 Å². The molecule has 1 N–H and O–H groups in total. The first-order valence-corrected chi connectivity index (χ1v) is 8.90. The fraction of sp³-hybridized carbons (Fsp3) is 0.235. The molecule has 126 valence electrons. The number of carbonyl (C=O) groups is 1. The Morgan fingerprint density at radius 1 is 1.12 bits per heavy atom. The van der Waals surface area contributed by atoms with Gasteiger partial charge in [-0.15, -0.1) is 0 Å². The van der Waals surface area contributed by atoms with Gasteiger partial charge in [-0.1, -0.05) is 17.7 Å². The second-order valence-electron chi connectivity index (χ2n) is 5.80. The lowest BCUT2D eigenvalue weighted by Gasteiger charge is -2.26. The van der Waals surface area contributed by atoms with Crippen molar-refractivity contribution in [2.24, 2.45) is 0 Å². The largest absolute Gasteiger partial charge is 0.482 e. The van der Waals surface area contributed by atoms with Crippen molar-refractivity contribution in [3.63, 3.8) is 0 Å². The number of benzene rings is 2. The SMILES string of the molecule is Cc1ccc(S(=O)(=O)Nc2ccc3c(c2)N(C)C(=O)CO3)c(C)c1. The van der Waals surface area contributed by atoms with Crippen molar-refractivity contribution < 1.29 is 17.9 Å². The predicted octanol–water partition coefficient (Wildman–Crippen LogP) is 2.46. The Bertz CT molecular complexity index is 922. The zero-order chi connectivity index (χ0) is 17.5. The summed E-state index contributed by atoms with van der Waals surface area (Å²) in [6.07, 6.45) is 0. The highest BCUT2D eigenvalue weighted by Crippen LogP contribution is 2.34. The first-order valence-electron chi connectivity index (χ1n) is 7.41. The number of hydrogen-bond donors (Lipinski definition) is 1. The molecule has 0 atom stereocenters. The molecule has 24 heavy (non-hydrogen) atoms. The molecule has 0 saturated heterocycles. The molecular weight excluding hydrogens is 328 g/mol. The van der Waals surface area contributed by atoms with Crippen molar-refractivity contribution >= 4 is 27.3 Å². The fourth-order valence-electron chi connectivity index (χ4n) is 2.65. The summed E-state index contributed by atoms with van der Waals surface area (Å²) >= 11 is 0. The molecule has 1 heterocycles. The van der Waals surface area contributed by atoms with Gasteiger partial charge in [0.15, 0.2) is 6.61 Å². The molecule has 1 amide bonds. The monoisotopic (exact) mass is 346 g/mol. The van der Waals surface area contributed by atoms with Gasteiger partial charge in [0.05, 0.1) is 16.3 Å². The third kappa shape index (κ3) is 2.94. The van der Waals surface area contributed by atoms with Crippen molar-refractivity contribution in [2.75, 3.05) is 23.3 Å². The van der Waals surface area contributed by atoms with E-state index in [1.807, 2.05) is 13.0 Å². The number of hydrogen-bond acceptors (Lipinski definition) is 4. The Morgan fingerprint density at radius 2 is 1.88 bits per heavy atom. The van der Waals surface area contributed by atoms with Crippen molar-refractivity contribution in [1.29, 1.82) is 0 Å². The minimum absolute atomic E-state index is 0.0167. The molecule has 1 aliphatic rings. The first-order chi connectivity index (χ1) is 11.3. The second-order valence-corrected chi connectivity index (χ2v) is 7.45. The maximum atomic E-state index is 12.6. The Kier molecular flexibility index (Phi) is 3.96. The standard InChI is InChI=1S/C17H18N2O4S/c1-11-4-7-16(12(2)8-11)24(21,22)18-13-5-6-15-14(9-13)19(3)17(20)10-23-15/h4-9,18H,10H2,1-3H3. The summed E-state index contributed by atoms with van der Waals surface area (Å²) in [6, 6.07) is 10.0. The van der Waals surface area contributed by atoms with E-state index in [1.54, 1.807) is 44.3 Å². The summed E-state index contributed by atoms with van der Waals surface area (Å²) in [5.41, 5.74) is 2.58. The van der Waals surface area contributed by atoms with Crippen LogP contribution in [0.25, 0.3) is 0 Å². The number of likely N-dealkylation sites (N-methyl/N-ethyl adjacent to an activating group) is 1. The average molecular weight is 346 g/mol. The quantitative estimate of drug-likeness (QED) is 0.926. The van der Waals surface area contributed by atoms with Gasteiger partial charge in [0, 0.05) is 7.05 Å². The molecule has 0 spiro atoms. The molecular formula is C17H18N2O4S. The van der Waals surface area contributed by atoms with E-state index in [2.05, 4.69) is 4.72 Å². The van der Waals surface area contributed by atoms with Gasteiger partial charge < -0.3 is 9.64 Å². The summed E-state index contributed by atoms with van der Waals surface area (Å²) in [7, 11) is -2.08. The number of amides is 1. The summed E-state index contributed by atoms with van der Waals surface area (Å²) in [6.45, 7) is 3.65. The van der Waals surface area contributed by atoms with Crippen LogP contribution in [-0.2, 0) is 14.8 Å². The molecule has 3 rings (SSSR count). The molecule has 0 aliphatic carbocycles. The summed E-state index contributed by atoms with van der Waals surface area (Å²) in [4.78, 5) is 13.4. The molecule has 7 heteroatoms. The van der Waals surface area contributed by atoms with Gasteiger partial charge in [0.2, 0.25) is 0 Å². The molecule has 0 bridgehead atoms. The molecule has 0 aromatic heterocycles. The molecule has 0 radical (unpaired) electrons. The highest BCUT2D eigenvalue weighted by atomic mass is 32.2. The van der Waals surface area contributed by atoms with E-state index >= 15 is 0 Å². The number of aryl methyl sites for hydroxylation is 2. The van der Waals surface area contributed by atoms with Crippen LogP contribution >= 0.6 is 0 Å². The summed E-state index contributed by atoms with van der Waals surface area (Å²) in [5.74, 6) is 0.364. The number of anilines is 2. The molecule has 0 saturated carbocycles. The lowest BCUT2D eigenvalue weighted by molar-refractivity contribution is -0.120. The minimum atomic E-state index is -3.71. The fourth-order valence-corrected chi connectivity index (χ4v) is 3.92. The Labute approximate surface area is 141 Å². The maximum Gasteiger partial charge on any atom is 0.264 e. The Hall–Kier alpha value is -2.54. The molecule has 2 aromatic rings. The van der Waals surface area contributed by atoms with Gasteiger partial charge >= 0.3 is 0 Å². The van der Waals surface area contributed by atoms with Crippen LogP contribution in [-0.4, -0.2) is 28.0 Å². The minimum Gasteiger partial charge on any atom is -0.482 e. The normalized spacial score (nSPS) is 14.1. The Balaban J connectivity index is 1.95.